The molecule has 1 aromatic heterocycles. The van der Waals surface area contributed by atoms with E-state index in [1.807, 2.05) is 0 Å². The van der Waals surface area contributed by atoms with Crippen molar-refractivity contribution in [2.75, 3.05) is 6.61 Å². The smallest absolute Gasteiger partial charge is 0.274 e. The zero-order valence-corrected chi connectivity index (χ0v) is 23.2. The number of carbonyl (C=O) groups is 4. The molecule has 7 atom stereocenters. The number of amides is 4. The van der Waals surface area contributed by atoms with Gasteiger partial charge in [-0.25, -0.2) is 26.9 Å². The number of nitrogens with one attached hydrogen (secondary N) is 4. The zero-order valence-electron chi connectivity index (χ0n) is 23.2. The van der Waals surface area contributed by atoms with E-state index in [1.165, 1.54) is 19.2 Å². The normalized spacial score (nSPS) is 28.0. The maximum Gasteiger partial charge on any atom is 0.274 e. The van der Waals surface area contributed by atoms with Gasteiger partial charge in [0.25, 0.3) is 5.91 Å². The number of nitrogens with zero attached hydrogens (tertiary/aromatic N) is 1. The Bertz CT molecular complexity index is 1450. The molecule has 0 aliphatic carbocycles. The first-order chi connectivity index (χ1) is 20.7. The fraction of sp³-hybridized carbons (Fsp3) is 0.444. The van der Waals surface area contributed by atoms with Crippen LogP contribution in [0.3, 0.4) is 0 Å². The lowest BCUT2D eigenvalue weighted by Crippen LogP contribution is -2.66. The van der Waals surface area contributed by atoms with Gasteiger partial charge in [0.1, 0.15) is 17.8 Å². The Balaban J connectivity index is 1.75. The molecule has 17 heteroatoms. The lowest BCUT2D eigenvalue weighted by atomic mass is 9.90. The van der Waals surface area contributed by atoms with Gasteiger partial charge in [0.05, 0.1) is 30.2 Å². The molecule has 12 nitrogen and oxygen atoms in total. The maximum absolute atomic E-state index is 14.6. The second-order valence-corrected chi connectivity index (χ2v) is 10.5. The highest BCUT2D eigenvalue weighted by molar-refractivity contribution is 5.98. The van der Waals surface area contributed by atoms with Crippen molar-refractivity contribution >= 4 is 23.6 Å². The van der Waals surface area contributed by atoms with E-state index in [9.17, 15) is 51.3 Å². The largest absolute Gasteiger partial charge is 0.505 e. The van der Waals surface area contributed by atoms with Crippen LogP contribution < -0.4 is 21.3 Å². The van der Waals surface area contributed by atoms with Gasteiger partial charge >= 0.3 is 0 Å². The topological polar surface area (TPSA) is 179 Å². The number of aliphatic hydroxyl groups is 1. The molecule has 2 aliphatic heterocycles. The Hall–Kier alpha value is -4.38. The number of aliphatic hydroxyl groups excluding tert-OH is 1. The number of hydrogen-bond donors (Lipinski definition) is 6. The third kappa shape index (κ3) is 6.42. The summed E-state index contributed by atoms with van der Waals surface area (Å²) in [5, 5.41) is 30.5. The van der Waals surface area contributed by atoms with Crippen molar-refractivity contribution in [2.45, 2.75) is 63.1 Å². The van der Waals surface area contributed by atoms with Gasteiger partial charge < -0.3 is 36.2 Å². The highest BCUT2D eigenvalue weighted by atomic mass is 19.2. The molecule has 44 heavy (non-hydrogen) atoms. The molecule has 2 unspecified atom stereocenters. The van der Waals surface area contributed by atoms with Gasteiger partial charge in [0, 0.05) is 24.8 Å². The molecule has 4 rings (SSSR count). The minimum atomic E-state index is -2.42. The maximum atomic E-state index is 14.6. The third-order valence-corrected chi connectivity index (χ3v) is 7.52. The van der Waals surface area contributed by atoms with Crippen LogP contribution >= 0.6 is 0 Å². The Labute approximate surface area is 246 Å². The first-order valence-corrected chi connectivity index (χ1v) is 13.4. The Morgan fingerprint density at radius 2 is 1.59 bits per heavy atom. The number of halogens is 5. The molecular weight excluding hydrogens is 601 g/mol. The number of aromatic hydroxyl groups is 1. The number of hydrogen-bond acceptors (Lipinski definition) is 8. The summed E-state index contributed by atoms with van der Waals surface area (Å²) in [5.74, 6) is -17.5. The van der Waals surface area contributed by atoms with Crippen LogP contribution in [0.15, 0.2) is 18.3 Å². The van der Waals surface area contributed by atoms with Crippen molar-refractivity contribution in [3.05, 3.63) is 58.7 Å². The van der Waals surface area contributed by atoms with Crippen LogP contribution in [0.5, 0.6) is 5.75 Å². The number of rotatable bonds is 5. The summed E-state index contributed by atoms with van der Waals surface area (Å²) in [6, 6.07) is -3.77. The molecule has 1 aromatic carbocycles. The van der Waals surface area contributed by atoms with E-state index in [0.717, 1.165) is 13.0 Å². The van der Waals surface area contributed by atoms with Crippen LogP contribution in [0.25, 0.3) is 0 Å². The van der Waals surface area contributed by atoms with Crippen LogP contribution in [0.4, 0.5) is 22.0 Å². The monoisotopic (exact) mass is 629 g/mol. The summed E-state index contributed by atoms with van der Waals surface area (Å²) >= 11 is 0. The highest BCUT2D eigenvalue weighted by Gasteiger charge is 2.42. The van der Waals surface area contributed by atoms with Crippen molar-refractivity contribution < 1.29 is 56.1 Å². The van der Waals surface area contributed by atoms with E-state index in [1.54, 1.807) is 0 Å². The van der Waals surface area contributed by atoms with E-state index in [0.29, 0.717) is 6.42 Å². The molecule has 0 radical (unpaired) electrons. The van der Waals surface area contributed by atoms with Crippen LogP contribution in [0.2, 0.25) is 0 Å². The molecule has 0 bridgehead atoms. The van der Waals surface area contributed by atoms with Crippen molar-refractivity contribution in [1.82, 2.24) is 26.3 Å². The van der Waals surface area contributed by atoms with E-state index < -0.39 is 118 Å². The van der Waals surface area contributed by atoms with Crippen LogP contribution in [0, 0.1) is 35.0 Å². The molecule has 0 saturated carbocycles. The van der Waals surface area contributed by atoms with Gasteiger partial charge in [0.15, 0.2) is 29.0 Å². The number of aromatic nitrogens is 1. The lowest BCUT2D eigenvalue weighted by Gasteiger charge is -2.37. The van der Waals surface area contributed by atoms with Crippen molar-refractivity contribution in [1.29, 1.82) is 0 Å². The average molecular weight is 630 g/mol. The van der Waals surface area contributed by atoms with Crippen LogP contribution in [0.1, 0.15) is 36.3 Å². The molecular formula is C27H28F5N5O7. The van der Waals surface area contributed by atoms with E-state index in [4.69, 9.17) is 4.74 Å². The number of carbonyl (C=O) groups excluding carboxylic acids is 4. The summed E-state index contributed by atoms with van der Waals surface area (Å²) < 4.78 is 76.2. The summed E-state index contributed by atoms with van der Waals surface area (Å²) in [7, 11) is 0. The van der Waals surface area contributed by atoms with Gasteiger partial charge in [-0.3, -0.25) is 19.2 Å². The highest BCUT2D eigenvalue weighted by Crippen LogP contribution is 2.26. The minimum Gasteiger partial charge on any atom is -0.505 e. The molecule has 3 heterocycles. The second kappa shape index (κ2) is 13.1. The molecule has 2 saturated heterocycles. The fourth-order valence-electron chi connectivity index (χ4n) is 4.81. The molecule has 4 amide bonds. The first kappa shape index (κ1) is 32.5. The summed E-state index contributed by atoms with van der Waals surface area (Å²) in [6.45, 7) is 2.70. The Morgan fingerprint density at radius 1 is 0.977 bits per heavy atom. The van der Waals surface area contributed by atoms with Crippen LogP contribution in [-0.4, -0.2) is 81.8 Å². The van der Waals surface area contributed by atoms with Gasteiger partial charge in [-0.2, -0.15) is 0 Å². The van der Waals surface area contributed by atoms with E-state index in [2.05, 4.69) is 26.3 Å². The summed E-state index contributed by atoms with van der Waals surface area (Å²) in [4.78, 5) is 56.5. The molecule has 2 aromatic rings. The van der Waals surface area contributed by atoms with Crippen molar-refractivity contribution in [3.63, 3.8) is 0 Å². The fourth-order valence-corrected chi connectivity index (χ4v) is 4.81. The second-order valence-electron chi connectivity index (χ2n) is 10.5. The van der Waals surface area contributed by atoms with Crippen molar-refractivity contribution in [3.8, 4) is 5.75 Å². The molecule has 238 valence electrons. The number of benzene rings is 1. The zero-order chi connectivity index (χ0) is 32.5. The molecule has 2 aliphatic rings. The predicted molar refractivity (Wildman–Crippen MR) is 138 cm³/mol. The minimum absolute atomic E-state index is 0.275. The molecule has 0 spiro atoms. The van der Waals surface area contributed by atoms with E-state index in [-0.39, 0.29) is 6.61 Å². The molecule has 2 fully saturated rings. The quantitative estimate of drug-likeness (QED) is 0.153. The van der Waals surface area contributed by atoms with Gasteiger partial charge in [-0.15, -0.1) is 0 Å². The predicted octanol–water partition coefficient (Wildman–Crippen LogP) is 0.0976. The SMILES string of the molecule is C[C@H]1NC(=O)C(C2CCO2)NC(=O)[C@H](C)[C@H](O)[C@H](Cc2c(F)c(F)c(F)c(F)c2F)NC(=O)[C@H]1NC(=O)c1ncccc1O. The molecule has 6 N–H and O–H groups in total. The van der Waals surface area contributed by atoms with Crippen molar-refractivity contribution in [2.24, 2.45) is 5.92 Å². The number of pyridine rings is 1. The Morgan fingerprint density at radius 3 is 2.16 bits per heavy atom. The van der Waals surface area contributed by atoms with Gasteiger partial charge in [-0.05, 0) is 25.5 Å². The lowest BCUT2D eigenvalue weighted by molar-refractivity contribution is -0.144. The van der Waals surface area contributed by atoms with Gasteiger partial charge in [-0.1, -0.05) is 6.92 Å². The van der Waals surface area contributed by atoms with E-state index >= 15 is 0 Å². The Kier molecular flexibility index (Phi) is 9.68. The number of ether oxygens (including phenoxy) is 1. The average Bonchev–Trinajstić information content (AvgIpc) is 2.96. The summed E-state index contributed by atoms with van der Waals surface area (Å²) in [6.07, 6.45) is -2.48. The summed E-state index contributed by atoms with van der Waals surface area (Å²) in [5.41, 5.74) is -1.89. The first-order valence-electron chi connectivity index (χ1n) is 13.4. The van der Waals surface area contributed by atoms with Crippen LogP contribution in [-0.2, 0) is 25.5 Å². The third-order valence-electron chi connectivity index (χ3n) is 7.52. The standard InChI is InChI=1S/C27H28F5N5O7/c1-9-23(39)12(8-11-15(28)17(30)19(32)18(31)16(11)29)35-25(41)20(36-26(42)21-13(38)4-3-6-33-21)10(2)34-27(43)22(37-24(9)40)14-5-7-44-14/h3-4,6,9-10,12,14,20,22-23,38-39H,5,7-8H2,1-2H3,(H,34,43)(H,35,41)(H,36,42)(H,37,40)/t9-,10-,12+,14?,20+,22?,23+/m1/s1. The van der Waals surface area contributed by atoms with Gasteiger partial charge in [0.2, 0.25) is 23.5 Å².